The molecule has 2 heteroatoms. The summed E-state index contributed by atoms with van der Waals surface area (Å²) in [5.41, 5.74) is 14.4. The second kappa shape index (κ2) is 14.8. The molecule has 0 fully saturated rings. The molecule has 11 aromatic carbocycles. The van der Waals surface area contributed by atoms with Crippen LogP contribution in [0, 0.1) is 0 Å². The van der Waals surface area contributed by atoms with Gasteiger partial charge in [0, 0.05) is 33.1 Å². The minimum Gasteiger partial charge on any atom is -0.455 e. The normalized spacial score (nSPS) is 11.5. The Morgan fingerprint density at radius 3 is 1.74 bits per heavy atom. The lowest BCUT2D eigenvalue weighted by molar-refractivity contribution is 0.673. The Morgan fingerprint density at radius 2 is 0.871 bits per heavy atom. The van der Waals surface area contributed by atoms with Crippen molar-refractivity contribution in [2.75, 3.05) is 4.90 Å². The van der Waals surface area contributed by atoms with Crippen LogP contribution in [0.1, 0.15) is 0 Å². The number of nitrogens with zero attached hydrogens (tertiary/aromatic N) is 1. The zero-order valence-corrected chi connectivity index (χ0v) is 33.9. The Hall–Kier alpha value is -8.20. The molecule has 0 aliphatic heterocycles. The van der Waals surface area contributed by atoms with E-state index in [9.17, 15) is 0 Å². The zero-order chi connectivity index (χ0) is 41.0. The quantitative estimate of drug-likeness (QED) is 0.160. The highest BCUT2D eigenvalue weighted by Crippen LogP contribution is 2.46. The van der Waals surface area contributed by atoms with E-state index in [0.717, 1.165) is 61.1 Å². The van der Waals surface area contributed by atoms with Crippen molar-refractivity contribution >= 4 is 71.3 Å². The molecule has 0 amide bonds. The Kier molecular flexibility index (Phi) is 8.53. The Labute approximate surface area is 360 Å². The average Bonchev–Trinajstić information content (AvgIpc) is 3.74. The molecular weight excluding hydrogens is 751 g/mol. The first-order chi connectivity index (χ1) is 30.7. The van der Waals surface area contributed by atoms with Crippen LogP contribution in [0.5, 0.6) is 0 Å². The van der Waals surface area contributed by atoms with Gasteiger partial charge in [-0.2, -0.15) is 0 Å². The lowest BCUT2D eigenvalue weighted by Crippen LogP contribution is -2.11. The fraction of sp³-hybridized carbons (Fsp3) is 0. The molecular formula is C60H39NO. The molecule has 290 valence electrons. The lowest BCUT2D eigenvalue weighted by atomic mass is 9.95. The number of furan rings is 1. The van der Waals surface area contributed by atoms with Crippen LogP contribution in [0.4, 0.5) is 17.1 Å². The summed E-state index contributed by atoms with van der Waals surface area (Å²) < 4.78 is 6.69. The van der Waals surface area contributed by atoms with Crippen LogP contribution in [0.3, 0.4) is 0 Å². The Morgan fingerprint density at radius 1 is 0.290 bits per heavy atom. The van der Waals surface area contributed by atoms with E-state index in [-0.39, 0.29) is 0 Å². The van der Waals surface area contributed by atoms with Crippen LogP contribution in [-0.2, 0) is 0 Å². The maximum absolute atomic E-state index is 6.69. The van der Waals surface area contributed by atoms with Gasteiger partial charge in [0.2, 0.25) is 0 Å². The molecule has 0 aliphatic carbocycles. The van der Waals surface area contributed by atoms with E-state index in [1.807, 2.05) is 0 Å². The summed E-state index contributed by atoms with van der Waals surface area (Å²) in [4.78, 5) is 2.41. The summed E-state index contributed by atoms with van der Waals surface area (Å²) in [6, 6.07) is 85.5. The molecule has 0 radical (unpaired) electrons. The highest BCUT2D eigenvalue weighted by molar-refractivity contribution is 6.19. The molecule has 0 unspecified atom stereocenters. The van der Waals surface area contributed by atoms with Gasteiger partial charge in [-0.05, 0) is 120 Å². The summed E-state index contributed by atoms with van der Waals surface area (Å²) in [5.74, 6) is 0. The summed E-state index contributed by atoms with van der Waals surface area (Å²) in [5, 5.41) is 9.48. The van der Waals surface area contributed by atoms with Gasteiger partial charge in [0.05, 0.1) is 5.69 Å². The van der Waals surface area contributed by atoms with E-state index < -0.39 is 0 Å². The first kappa shape index (κ1) is 35.7. The van der Waals surface area contributed by atoms with Crippen molar-refractivity contribution in [2.24, 2.45) is 0 Å². The number of anilines is 3. The molecule has 0 spiro atoms. The molecule has 0 saturated heterocycles. The predicted molar refractivity (Wildman–Crippen MR) is 263 cm³/mol. The maximum Gasteiger partial charge on any atom is 0.143 e. The van der Waals surface area contributed by atoms with E-state index >= 15 is 0 Å². The molecule has 1 aromatic heterocycles. The summed E-state index contributed by atoms with van der Waals surface area (Å²) in [6.07, 6.45) is 0. The zero-order valence-electron chi connectivity index (χ0n) is 33.9. The Balaban J connectivity index is 1.02. The third-order valence-corrected chi connectivity index (χ3v) is 12.4. The van der Waals surface area contributed by atoms with Crippen LogP contribution in [0.2, 0.25) is 0 Å². The van der Waals surface area contributed by atoms with Crippen LogP contribution >= 0.6 is 0 Å². The number of rotatable bonds is 7. The van der Waals surface area contributed by atoms with Crippen molar-refractivity contribution in [3.05, 3.63) is 237 Å². The van der Waals surface area contributed by atoms with Crippen molar-refractivity contribution in [1.82, 2.24) is 0 Å². The predicted octanol–water partition coefficient (Wildman–Crippen LogP) is 17.2. The number of fused-ring (bicyclic) bond motifs is 7. The van der Waals surface area contributed by atoms with Gasteiger partial charge >= 0.3 is 0 Å². The largest absolute Gasteiger partial charge is 0.455 e. The minimum atomic E-state index is 0.878. The number of benzene rings is 11. The van der Waals surface area contributed by atoms with E-state index in [0.29, 0.717) is 0 Å². The van der Waals surface area contributed by atoms with Crippen molar-refractivity contribution in [3.8, 4) is 44.5 Å². The molecule has 1 heterocycles. The highest BCUT2D eigenvalue weighted by atomic mass is 16.3. The second-order valence-corrected chi connectivity index (χ2v) is 16.1. The highest BCUT2D eigenvalue weighted by Gasteiger charge is 2.22. The maximum atomic E-state index is 6.69. The van der Waals surface area contributed by atoms with Gasteiger partial charge < -0.3 is 9.32 Å². The third kappa shape index (κ3) is 6.12. The summed E-state index contributed by atoms with van der Waals surface area (Å²) in [6.45, 7) is 0. The van der Waals surface area contributed by atoms with Crippen LogP contribution in [-0.4, -0.2) is 0 Å². The number of para-hydroxylation sites is 1. The molecule has 2 nitrogen and oxygen atoms in total. The standard InChI is InChI=1S/C60H39NO/c1-2-16-44-38-47(30-29-40(44)13-1)46-19-9-18-45(37-46)41-31-34-49(35-32-41)61(50-21-10-20-48(39-50)52-25-11-17-42-14-3-5-22-51(42)52)57-27-8-7-24-54(57)55-26-12-28-58-59(55)56-36-33-43-15-4-6-23-53(43)60(56)62-58/h1-39H. The molecule has 0 aliphatic rings. The second-order valence-electron chi connectivity index (χ2n) is 16.1. The fourth-order valence-electron chi connectivity index (χ4n) is 9.44. The number of hydrogen-bond donors (Lipinski definition) is 0. The smallest absolute Gasteiger partial charge is 0.143 e. The van der Waals surface area contributed by atoms with Gasteiger partial charge in [-0.3, -0.25) is 0 Å². The van der Waals surface area contributed by atoms with Gasteiger partial charge in [0.15, 0.2) is 0 Å². The summed E-state index contributed by atoms with van der Waals surface area (Å²) in [7, 11) is 0. The van der Waals surface area contributed by atoms with Crippen molar-refractivity contribution in [3.63, 3.8) is 0 Å². The van der Waals surface area contributed by atoms with E-state index in [2.05, 4.69) is 241 Å². The molecule has 0 N–H and O–H groups in total. The Bertz CT molecular complexity index is 3650. The third-order valence-electron chi connectivity index (χ3n) is 12.4. The van der Waals surface area contributed by atoms with Crippen molar-refractivity contribution < 1.29 is 4.42 Å². The van der Waals surface area contributed by atoms with E-state index in [4.69, 9.17) is 4.42 Å². The van der Waals surface area contributed by atoms with Gasteiger partial charge in [-0.15, -0.1) is 0 Å². The topological polar surface area (TPSA) is 16.4 Å². The van der Waals surface area contributed by atoms with Gasteiger partial charge in [0.25, 0.3) is 0 Å². The lowest BCUT2D eigenvalue weighted by Gasteiger charge is -2.28. The summed E-state index contributed by atoms with van der Waals surface area (Å²) >= 11 is 0. The molecule has 0 bridgehead atoms. The average molecular weight is 790 g/mol. The molecule has 12 aromatic rings. The first-order valence-corrected chi connectivity index (χ1v) is 21.2. The van der Waals surface area contributed by atoms with Gasteiger partial charge in [-0.25, -0.2) is 0 Å². The van der Waals surface area contributed by atoms with Crippen LogP contribution < -0.4 is 4.90 Å². The first-order valence-electron chi connectivity index (χ1n) is 21.2. The SMILES string of the molecule is c1cc(-c2ccc(N(c3cccc(-c4cccc5ccccc45)c3)c3ccccc3-c3cccc4oc5c6ccccc6ccc5c34)cc2)cc(-c2ccc3ccccc3c2)c1. The fourth-order valence-corrected chi connectivity index (χ4v) is 9.44. The molecule has 12 rings (SSSR count). The van der Waals surface area contributed by atoms with Crippen molar-refractivity contribution in [2.45, 2.75) is 0 Å². The molecule has 0 atom stereocenters. The van der Waals surface area contributed by atoms with E-state index in [1.54, 1.807) is 0 Å². The van der Waals surface area contributed by atoms with Crippen LogP contribution in [0.15, 0.2) is 241 Å². The van der Waals surface area contributed by atoms with E-state index in [1.165, 1.54) is 54.7 Å². The molecule has 0 saturated carbocycles. The monoisotopic (exact) mass is 789 g/mol. The van der Waals surface area contributed by atoms with Crippen LogP contribution in [0.25, 0.3) is 98.8 Å². The van der Waals surface area contributed by atoms with Crippen molar-refractivity contribution in [1.29, 1.82) is 0 Å². The van der Waals surface area contributed by atoms with Gasteiger partial charge in [0.1, 0.15) is 11.2 Å². The molecule has 62 heavy (non-hydrogen) atoms. The van der Waals surface area contributed by atoms with Gasteiger partial charge in [-0.1, -0.05) is 182 Å². The minimum absolute atomic E-state index is 0.878. The number of hydrogen-bond acceptors (Lipinski definition) is 2.